The van der Waals surface area contributed by atoms with Crippen LogP contribution < -0.4 is 11.4 Å². The van der Waals surface area contributed by atoms with Gasteiger partial charge in [-0.15, -0.1) is 0 Å². The second-order valence-corrected chi connectivity index (χ2v) is 7.80. The molecule has 10 nitrogen and oxygen atoms in total. The Morgan fingerprint density at radius 3 is 2.61 bits per heavy atom. The first-order chi connectivity index (χ1) is 13.1. The maximum absolute atomic E-state index is 13.7. The second kappa shape index (κ2) is 7.56. The lowest BCUT2D eigenvalue weighted by atomic mass is 10.1. The summed E-state index contributed by atoms with van der Waals surface area (Å²) in [7, 11) is -4.32. The number of anilines is 1. The van der Waals surface area contributed by atoms with Gasteiger partial charge in [0.2, 0.25) is 0 Å². The van der Waals surface area contributed by atoms with Crippen LogP contribution in [0.2, 0.25) is 0 Å². The molecule has 4 atom stereocenters. The molecule has 0 radical (unpaired) electrons. The molecule has 1 aromatic heterocycles. The highest BCUT2D eigenvalue weighted by Gasteiger charge is 2.48. The van der Waals surface area contributed by atoms with Gasteiger partial charge in [-0.3, -0.25) is 8.75 Å². The minimum absolute atomic E-state index is 0.164. The topological polar surface area (TPSA) is 154 Å². The summed E-state index contributed by atoms with van der Waals surface area (Å²) < 4.78 is 49.7. The summed E-state index contributed by atoms with van der Waals surface area (Å²) in [4.78, 5) is 15.0. The van der Waals surface area contributed by atoms with Crippen molar-refractivity contribution in [3.05, 3.63) is 52.3 Å². The van der Waals surface area contributed by atoms with Gasteiger partial charge in [-0.1, -0.05) is 17.7 Å². The summed E-state index contributed by atoms with van der Waals surface area (Å²) in [5.41, 5.74) is 5.02. The zero-order valence-corrected chi connectivity index (χ0v) is 15.4. The minimum atomic E-state index is -4.32. The van der Waals surface area contributed by atoms with E-state index in [2.05, 4.69) is 4.98 Å². The number of hydrogen-bond donors (Lipinski definition) is 3. The maximum Gasteiger partial charge on any atom is 0.351 e. The molecular weight excluding hydrogens is 397 g/mol. The number of nitrogens with zero attached hydrogens (tertiary/aromatic N) is 2. The highest BCUT2D eigenvalue weighted by Crippen LogP contribution is 2.32. The molecular formula is C16H18FN3O7S. The van der Waals surface area contributed by atoms with Crippen LogP contribution in [0.1, 0.15) is 11.8 Å². The first kappa shape index (κ1) is 20.4. The lowest BCUT2D eigenvalue weighted by Crippen LogP contribution is -2.39. The molecule has 12 heteroatoms. The highest BCUT2D eigenvalue weighted by molar-refractivity contribution is 7.86. The fourth-order valence-electron chi connectivity index (χ4n) is 2.76. The van der Waals surface area contributed by atoms with Gasteiger partial charge in [0, 0.05) is 0 Å². The molecule has 0 aliphatic carbocycles. The Morgan fingerprint density at radius 2 is 2.00 bits per heavy atom. The maximum atomic E-state index is 13.7. The minimum Gasteiger partial charge on any atom is -0.394 e. The first-order valence-corrected chi connectivity index (χ1v) is 9.53. The first-order valence-electron chi connectivity index (χ1n) is 8.12. The summed E-state index contributed by atoms with van der Waals surface area (Å²) in [6.45, 7) is 1.05. The van der Waals surface area contributed by atoms with Gasteiger partial charge >= 0.3 is 5.69 Å². The van der Waals surface area contributed by atoms with Gasteiger partial charge in [0.05, 0.1) is 17.7 Å². The van der Waals surface area contributed by atoms with Gasteiger partial charge in [0.25, 0.3) is 10.1 Å². The van der Waals surface area contributed by atoms with E-state index in [0.717, 1.165) is 5.56 Å². The number of aliphatic hydroxyl groups excluding tert-OH is 2. The van der Waals surface area contributed by atoms with Crippen molar-refractivity contribution in [2.75, 3.05) is 12.3 Å². The number of hydrogen-bond acceptors (Lipinski definition) is 9. The zero-order valence-electron chi connectivity index (χ0n) is 14.6. The smallest absolute Gasteiger partial charge is 0.351 e. The molecule has 152 valence electrons. The number of rotatable bonds is 5. The van der Waals surface area contributed by atoms with Gasteiger partial charge in [-0.25, -0.2) is 9.18 Å². The Labute approximate surface area is 159 Å². The van der Waals surface area contributed by atoms with Crippen molar-refractivity contribution < 1.29 is 31.9 Å². The van der Waals surface area contributed by atoms with Crippen molar-refractivity contribution in [3.8, 4) is 0 Å². The number of aromatic nitrogens is 2. The van der Waals surface area contributed by atoms with Gasteiger partial charge in [-0.2, -0.15) is 13.4 Å². The summed E-state index contributed by atoms with van der Waals surface area (Å²) in [5.74, 6) is -1.67. The highest BCUT2D eigenvalue weighted by atomic mass is 32.2. The number of ether oxygens (including phenoxy) is 1. The van der Waals surface area contributed by atoms with Crippen molar-refractivity contribution in [2.45, 2.75) is 36.4 Å². The van der Waals surface area contributed by atoms with Crippen LogP contribution in [-0.4, -0.2) is 53.1 Å². The standard InChI is InChI=1S/C16H18FN3O7S/c1-8-2-4-9(5-3-8)28(24,25)27-13-11(7-21)26-15(12(13)22)20-6-10(17)14(18)19-16(20)23/h2-6,11-13,15,21-22H,7H2,1H3,(H2,18,19,23)/t11-,12-,13+,15-/m1/s1. The average molecular weight is 415 g/mol. The third kappa shape index (κ3) is 3.77. The fraction of sp³-hybridized carbons (Fsp3) is 0.375. The lowest BCUT2D eigenvalue weighted by Gasteiger charge is -2.20. The molecule has 2 aromatic rings. The Bertz CT molecular complexity index is 1030. The van der Waals surface area contributed by atoms with Crippen molar-refractivity contribution in [1.29, 1.82) is 0 Å². The number of halogens is 1. The lowest BCUT2D eigenvalue weighted by molar-refractivity contribution is -0.0546. The normalized spacial score (nSPS) is 25.1. The van der Waals surface area contributed by atoms with Crippen molar-refractivity contribution >= 4 is 15.9 Å². The van der Waals surface area contributed by atoms with E-state index in [0.29, 0.717) is 10.8 Å². The van der Waals surface area contributed by atoms with Crippen molar-refractivity contribution in [1.82, 2.24) is 9.55 Å². The molecule has 0 spiro atoms. The van der Waals surface area contributed by atoms with E-state index < -0.39 is 58.6 Å². The summed E-state index contributed by atoms with van der Waals surface area (Å²) in [6, 6.07) is 5.77. The second-order valence-electron chi connectivity index (χ2n) is 6.23. The largest absolute Gasteiger partial charge is 0.394 e. The van der Waals surface area contributed by atoms with E-state index in [1.165, 1.54) is 12.1 Å². The average Bonchev–Trinajstić information content (AvgIpc) is 2.94. The molecule has 0 saturated carbocycles. The van der Waals surface area contributed by atoms with Crippen LogP contribution in [-0.2, 0) is 19.0 Å². The van der Waals surface area contributed by atoms with Crippen LogP contribution >= 0.6 is 0 Å². The molecule has 1 fully saturated rings. The van der Waals surface area contributed by atoms with Crippen LogP contribution in [0.4, 0.5) is 10.2 Å². The van der Waals surface area contributed by atoms with Crippen LogP contribution in [0.25, 0.3) is 0 Å². The molecule has 1 aliphatic heterocycles. The van der Waals surface area contributed by atoms with E-state index in [9.17, 15) is 27.8 Å². The third-order valence-electron chi connectivity index (χ3n) is 4.25. The van der Waals surface area contributed by atoms with Crippen molar-refractivity contribution in [2.24, 2.45) is 0 Å². The van der Waals surface area contributed by atoms with Gasteiger partial charge in [0.15, 0.2) is 17.9 Å². The SMILES string of the molecule is Cc1ccc(S(=O)(=O)O[C@@H]2[C@@H](O)[C@H](n3cc(F)c(N)nc3=O)O[C@@H]2CO)cc1. The van der Waals surface area contributed by atoms with Crippen LogP contribution in [0.15, 0.2) is 40.2 Å². The number of aryl methyl sites for hydroxylation is 1. The summed E-state index contributed by atoms with van der Waals surface area (Å²) in [6.07, 6.45) is -5.43. The quantitative estimate of drug-likeness (QED) is 0.538. The molecule has 2 heterocycles. The summed E-state index contributed by atoms with van der Waals surface area (Å²) in [5, 5.41) is 20.0. The Kier molecular flexibility index (Phi) is 5.50. The van der Waals surface area contributed by atoms with E-state index >= 15 is 0 Å². The van der Waals surface area contributed by atoms with E-state index in [4.69, 9.17) is 14.7 Å². The van der Waals surface area contributed by atoms with Crippen LogP contribution in [0.5, 0.6) is 0 Å². The number of nitrogens with two attached hydrogens (primary N) is 1. The zero-order chi connectivity index (χ0) is 20.6. The van der Waals surface area contributed by atoms with E-state index in [1.807, 2.05) is 0 Å². The van der Waals surface area contributed by atoms with Crippen LogP contribution in [0.3, 0.4) is 0 Å². The monoisotopic (exact) mass is 415 g/mol. The predicted molar refractivity (Wildman–Crippen MR) is 93.1 cm³/mol. The van der Waals surface area contributed by atoms with Crippen LogP contribution in [0, 0.1) is 12.7 Å². The predicted octanol–water partition coefficient (Wildman–Crippen LogP) is -0.702. The van der Waals surface area contributed by atoms with Crippen molar-refractivity contribution in [3.63, 3.8) is 0 Å². The Hall–Kier alpha value is -2.38. The molecule has 1 saturated heterocycles. The van der Waals surface area contributed by atoms with Gasteiger partial charge in [0.1, 0.15) is 18.3 Å². The Morgan fingerprint density at radius 1 is 1.36 bits per heavy atom. The molecule has 0 amide bonds. The molecule has 28 heavy (non-hydrogen) atoms. The summed E-state index contributed by atoms with van der Waals surface area (Å²) >= 11 is 0. The van der Waals surface area contributed by atoms with E-state index in [-0.39, 0.29) is 4.90 Å². The number of aliphatic hydroxyl groups is 2. The fourth-order valence-corrected chi connectivity index (χ4v) is 3.87. The van der Waals surface area contributed by atoms with E-state index in [1.54, 1.807) is 19.1 Å². The van der Waals surface area contributed by atoms with Gasteiger partial charge < -0.3 is 20.7 Å². The molecule has 3 rings (SSSR count). The molecule has 1 aromatic carbocycles. The number of nitrogen functional groups attached to an aromatic ring is 1. The Balaban J connectivity index is 1.91. The molecule has 0 bridgehead atoms. The molecule has 0 unspecified atom stereocenters. The van der Waals surface area contributed by atoms with Gasteiger partial charge in [-0.05, 0) is 19.1 Å². The molecule has 1 aliphatic rings. The third-order valence-corrected chi connectivity index (χ3v) is 5.57. The molecule has 4 N–H and O–H groups in total. The number of benzene rings is 1.